The lowest BCUT2D eigenvalue weighted by Crippen LogP contribution is -2.44. The number of hydrogen-bond donors (Lipinski definition) is 4. The summed E-state index contributed by atoms with van der Waals surface area (Å²) < 4.78 is 13.6. The van der Waals surface area contributed by atoms with Crippen LogP contribution in [0.5, 0.6) is 0 Å². The molecule has 0 aliphatic rings. The number of benzene rings is 2. The van der Waals surface area contributed by atoms with Crippen LogP contribution in [0.1, 0.15) is 101 Å². The summed E-state index contributed by atoms with van der Waals surface area (Å²) in [5.41, 5.74) is 7.84. The van der Waals surface area contributed by atoms with E-state index in [9.17, 15) is 24.0 Å². The molecule has 0 fully saturated rings. The average Bonchev–Trinajstić information content (AvgIpc) is 3.22. The van der Waals surface area contributed by atoms with E-state index in [2.05, 4.69) is 54.7 Å². The molecule has 4 aromatic rings. The summed E-state index contributed by atoms with van der Waals surface area (Å²) in [5, 5.41) is 6.06. The Labute approximate surface area is 356 Å². The smallest absolute Gasteiger partial charge is 0.426 e. The van der Waals surface area contributed by atoms with Gasteiger partial charge < -0.3 is 24.8 Å². The summed E-state index contributed by atoms with van der Waals surface area (Å²) in [4.78, 5) is 76.7. The first-order valence-corrected chi connectivity index (χ1v) is 19.5. The van der Waals surface area contributed by atoms with Crippen molar-refractivity contribution in [3.63, 3.8) is 0 Å². The Morgan fingerprint density at radius 1 is 0.900 bits per heavy atom. The fourth-order valence-electron chi connectivity index (χ4n) is 4.69. The van der Waals surface area contributed by atoms with E-state index in [1.165, 1.54) is 45.7 Å². The normalized spacial score (nSPS) is 9.83. The van der Waals surface area contributed by atoms with Gasteiger partial charge in [-0.2, -0.15) is 0 Å². The maximum Gasteiger partial charge on any atom is 0.426 e. The Kier molecular flexibility index (Phi) is 24.0. The van der Waals surface area contributed by atoms with Gasteiger partial charge in [-0.05, 0) is 70.0 Å². The predicted octanol–water partition coefficient (Wildman–Crippen LogP) is 7.46. The molecule has 0 bridgehead atoms. The van der Waals surface area contributed by atoms with Crippen LogP contribution in [0.3, 0.4) is 0 Å². The molecule has 0 spiro atoms. The highest BCUT2D eigenvalue weighted by atomic mass is 35.5. The van der Waals surface area contributed by atoms with Gasteiger partial charge in [0.2, 0.25) is 12.3 Å². The molecule has 4 rings (SSSR count). The Balaban J connectivity index is 0.00000103. The van der Waals surface area contributed by atoms with Gasteiger partial charge in [0.1, 0.15) is 17.8 Å². The number of amides is 4. The lowest BCUT2D eigenvalue weighted by molar-refractivity contribution is -0.142. The van der Waals surface area contributed by atoms with Crippen LogP contribution in [0.2, 0.25) is 5.02 Å². The van der Waals surface area contributed by atoms with Crippen LogP contribution in [0.4, 0.5) is 10.6 Å². The highest BCUT2D eigenvalue weighted by Crippen LogP contribution is 2.27. The number of anilines is 1. The maximum atomic E-state index is 13.3. The number of pyridine rings is 2. The third-order valence-corrected chi connectivity index (χ3v) is 7.73. The zero-order valence-electron chi connectivity index (χ0n) is 35.6. The monoisotopic (exact) mass is 846 g/mol. The van der Waals surface area contributed by atoms with Crippen LogP contribution in [0.15, 0.2) is 60.8 Å². The van der Waals surface area contributed by atoms with Crippen molar-refractivity contribution in [2.24, 2.45) is 0 Å². The summed E-state index contributed by atoms with van der Waals surface area (Å²) in [6.45, 7) is 14.4. The minimum Gasteiger partial charge on any atom is -0.471 e. The van der Waals surface area contributed by atoms with Crippen LogP contribution in [0.25, 0.3) is 22.2 Å². The molecule has 0 unspecified atom stereocenters. The Morgan fingerprint density at radius 2 is 1.58 bits per heavy atom. The molecule has 0 aliphatic heterocycles. The van der Waals surface area contributed by atoms with Gasteiger partial charge in [-0.15, -0.1) is 0 Å². The van der Waals surface area contributed by atoms with E-state index in [0.717, 1.165) is 30.5 Å². The molecule has 0 atom stereocenters. The van der Waals surface area contributed by atoms with E-state index in [0.29, 0.717) is 39.2 Å². The van der Waals surface area contributed by atoms with E-state index in [1.54, 1.807) is 39.0 Å². The van der Waals surface area contributed by atoms with Crippen molar-refractivity contribution in [2.75, 3.05) is 26.1 Å². The van der Waals surface area contributed by atoms with Crippen molar-refractivity contribution in [2.45, 2.75) is 86.2 Å². The molecule has 322 valence electrons. The number of hydrogen-bond acceptors (Lipinski definition) is 11. The third-order valence-electron chi connectivity index (χ3n) is 7.42. The number of ether oxygens (including phenoxy) is 3. The van der Waals surface area contributed by atoms with Gasteiger partial charge in [-0.1, -0.05) is 81.7 Å². The standard InChI is InChI=1S/C33H30ClN5O6.C7H15NO.C2H4O2.C2H6/c1-19-6-10-21(25(34)14-19)11-7-20-8-12-22(13-9-20)26-15-23(31(42)38-39-32(43)45-33(2,3)4)24-18-35-28(16-27(24)36-26)37-29(40)17-30(41)44-5;1-2-3-4-5-6-8-7-9;1-4-2-3;1-2/h6,8-10,12-16,18H,17H2,1-5H3,(H,38,42)(H,39,43)(H,35,37,40);7H,2-6H2,1H3,(H,8,9);2H,1H3;1-2H3. The number of rotatable bonds is 12. The minimum absolute atomic E-state index is 0.111. The van der Waals surface area contributed by atoms with Crippen molar-refractivity contribution in [1.29, 1.82) is 0 Å². The Bertz CT molecular complexity index is 2090. The molecule has 0 saturated heterocycles. The summed E-state index contributed by atoms with van der Waals surface area (Å²) in [7, 11) is 2.49. The van der Waals surface area contributed by atoms with E-state index in [4.69, 9.17) is 26.1 Å². The maximum absolute atomic E-state index is 13.3. The van der Waals surface area contributed by atoms with Crippen LogP contribution < -0.4 is 21.5 Å². The molecule has 15 nitrogen and oxygen atoms in total. The van der Waals surface area contributed by atoms with Gasteiger partial charge >= 0.3 is 12.1 Å². The predicted molar refractivity (Wildman–Crippen MR) is 232 cm³/mol. The van der Waals surface area contributed by atoms with Crippen molar-refractivity contribution in [3.8, 4) is 23.1 Å². The van der Waals surface area contributed by atoms with Gasteiger partial charge in [0.15, 0.2) is 0 Å². The summed E-state index contributed by atoms with van der Waals surface area (Å²) in [6.07, 6.45) is 5.65. The molecule has 0 saturated carbocycles. The van der Waals surface area contributed by atoms with Gasteiger partial charge in [0.05, 0.1) is 36.0 Å². The number of aryl methyl sites for hydroxylation is 1. The molecule has 2 heterocycles. The highest BCUT2D eigenvalue weighted by Gasteiger charge is 2.20. The van der Waals surface area contributed by atoms with E-state index in [-0.39, 0.29) is 11.4 Å². The largest absolute Gasteiger partial charge is 0.471 e. The lowest BCUT2D eigenvalue weighted by atomic mass is 10.0. The number of carbonyl (C=O) groups is 6. The number of hydrazine groups is 1. The van der Waals surface area contributed by atoms with Crippen molar-refractivity contribution in [1.82, 2.24) is 26.1 Å². The second-order valence-electron chi connectivity index (χ2n) is 13.3. The molecule has 4 amide bonds. The average molecular weight is 847 g/mol. The summed E-state index contributed by atoms with van der Waals surface area (Å²) in [6, 6.07) is 15.9. The molecule has 2 aromatic heterocycles. The number of fused-ring (bicyclic) bond motifs is 1. The molecular formula is C44H55ClN6O9. The number of unbranched alkanes of at least 4 members (excludes halogenated alkanes) is 3. The van der Waals surface area contributed by atoms with Crippen LogP contribution in [-0.2, 0) is 33.4 Å². The molecule has 4 N–H and O–H groups in total. The number of nitrogens with zero attached hydrogens (tertiary/aromatic N) is 2. The zero-order valence-corrected chi connectivity index (χ0v) is 36.4. The van der Waals surface area contributed by atoms with Gasteiger partial charge in [-0.3, -0.25) is 29.4 Å². The number of carbonyl (C=O) groups excluding carboxylic acids is 6. The summed E-state index contributed by atoms with van der Waals surface area (Å²) in [5.74, 6) is 4.28. The van der Waals surface area contributed by atoms with Crippen LogP contribution in [0, 0.1) is 18.8 Å². The molecule has 60 heavy (non-hydrogen) atoms. The Hall–Kier alpha value is -6.53. The van der Waals surface area contributed by atoms with E-state index < -0.39 is 35.9 Å². The van der Waals surface area contributed by atoms with Crippen molar-refractivity contribution in [3.05, 3.63) is 88.1 Å². The van der Waals surface area contributed by atoms with Crippen molar-refractivity contribution < 1.29 is 43.0 Å². The van der Waals surface area contributed by atoms with Gasteiger partial charge in [0, 0.05) is 40.9 Å². The topological polar surface area (TPSA) is 204 Å². The fraction of sp³-hybridized carbons (Fsp3) is 0.364. The van der Waals surface area contributed by atoms with Crippen LogP contribution in [-0.4, -0.2) is 73.1 Å². The molecule has 16 heteroatoms. The number of halogens is 1. The van der Waals surface area contributed by atoms with E-state index in [1.807, 2.05) is 51.1 Å². The summed E-state index contributed by atoms with van der Waals surface area (Å²) >= 11 is 6.30. The second kappa shape index (κ2) is 28.0. The Morgan fingerprint density at radius 3 is 2.17 bits per heavy atom. The van der Waals surface area contributed by atoms with Crippen molar-refractivity contribution >= 4 is 65.1 Å². The lowest BCUT2D eigenvalue weighted by Gasteiger charge is -2.20. The molecule has 0 aliphatic carbocycles. The minimum atomic E-state index is -0.841. The highest BCUT2D eigenvalue weighted by molar-refractivity contribution is 6.31. The SMILES string of the molecule is CC.CCCCCCNC=O.COC(=O)CC(=O)Nc1cc2nc(-c3ccc(C#Cc4ccc(C)cc4Cl)cc3)cc(C(=O)NNC(=O)OC(C)(C)C)c2cn1.COC=O. The molecule has 2 aromatic carbocycles. The van der Waals surface area contributed by atoms with Crippen LogP contribution >= 0.6 is 11.6 Å². The number of aromatic nitrogens is 2. The quantitative estimate of drug-likeness (QED) is 0.0210. The first-order chi connectivity index (χ1) is 28.6. The number of esters is 1. The fourth-order valence-corrected chi connectivity index (χ4v) is 4.97. The number of methoxy groups -OCH3 is 2. The first kappa shape index (κ1) is 51.5. The van der Waals surface area contributed by atoms with E-state index >= 15 is 0 Å². The van der Waals surface area contributed by atoms with Gasteiger partial charge in [-0.25, -0.2) is 20.2 Å². The second-order valence-corrected chi connectivity index (χ2v) is 13.7. The molecular weight excluding hydrogens is 792 g/mol. The zero-order chi connectivity index (χ0) is 45.1. The van der Waals surface area contributed by atoms with Gasteiger partial charge in [0.25, 0.3) is 12.4 Å². The first-order valence-electron chi connectivity index (χ1n) is 19.1. The molecule has 0 radical (unpaired) electrons. The third kappa shape index (κ3) is 19.8. The number of nitrogens with one attached hydrogen (secondary N) is 4.